The summed E-state index contributed by atoms with van der Waals surface area (Å²) >= 11 is 0. The average molecular weight is 281 g/mol. The molecule has 1 aromatic rings. The van der Waals surface area contributed by atoms with Crippen LogP contribution in [0.15, 0.2) is 23.2 Å². The van der Waals surface area contributed by atoms with Gasteiger partial charge in [-0.25, -0.2) is 8.78 Å². The molecule has 0 heterocycles. The maximum absolute atomic E-state index is 13.7. The van der Waals surface area contributed by atoms with E-state index in [0.29, 0.717) is 12.5 Å². The number of halogens is 2. The fourth-order valence-electron chi connectivity index (χ4n) is 2.28. The maximum Gasteiger partial charge on any atom is 0.191 e. The fourth-order valence-corrected chi connectivity index (χ4v) is 2.28. The van der Waals surface area contributed by atoms with Crippen molar-refractivity contribution in [2.45, 2.75) is 45.2 Å². The van der Waals surface area contributed by atoms with Gasteiger partial charge < -0.3 is 10.6 Å². The molecule has 0 aromatic heterocycles. The molecule has 1 saturated carbocycles. The first kappa shape index (κ1) is 14.8. The molecule has 5 heteroatoms. The Morgan fingerprint density at radius 2 is 2.00 bits per heavy atom. The van der Waals surface area contributed by atoms with E-state index < -0.39 is 11.6 Å². The van der Waals surface area contributed by atoms with E-state index >= 15 is 0 Å². The van der Waals surface area contributed by atoms with Gasteiger partial charge >= 0.3 is 0 Å². The van der Waals surface area contributed by atoms with Gasteiger partial charge in [0.25, 0.3) is 0 Å². The third kappa shape index (κ3) is 3.46. The van der Waals surface area contributed by atoms with Crippen LogP contribution in [0, 0.1) is 11.6 Å². The summed E-state index contributed by atoms with van der Waals surface area (Å²) < 4.78 is 27.4. The molecule has 0 amide bonds. The zero-order valence-corrected chi connectivity index (χ0v) is 12.1. The molecule has 3 nitrogen and oxygen atoms in total. The number of guanidine groups is 1. The van der Waals surface area contributed by atoms with Gasteiger partial charge in [-0.3, -0.25) is 4.99 Å². The molecule has 2 N–H and O–H groups in total. The molecular weight excluding hydrogens is 260 g/mol. The van der Waals surface area contributed by atoms with Crippen molar-refractivity contribution in [3.63, 3.8) is 0 Å². The van der Waals surface area contributed by atoms with Crippen molar-refractivity contribution in [2.24, 2.45) is 4.99 Å². The second-order valence-electron chi connectivity index (χ2n) is 5.35. The van der Waals surface area contributed by atoms with Crippen molar-refractivity contribution >= 4 is 5.96 Å². The number of benzene rings is 1. The SMILES string of the molecule is CCN=C(NC(C)C)NC1CC1c1c(F)cccc1F. The van der Waals surface area contributed by atoms with Crippen LogP contribution in [-0.2, 0) is 0 Å². The lowest BCUT2D eigenvalue weighted by Gasteiger charge is -2.15. The summed E-state index contributed by atoms with van der Waals surface area (Å²) in [4.78, 5) is 4.32. The number of hydrogen-bond donors (Lipinski definition) is 2. The monoisotopic (exact) mass is 281 g/mol. The first-order valence-corrected chi connectivity index (χ1v) is 7.04. The second-order valence-corrected chi connectivity index (χ2v) is 5.35. The molecule has 0 radical (unpaired) electrons. The van der Waals surface area contributed by atoms with Crippen molar-refractivity contribution in [1.29, 1.82) is 0 Å². The third-order valence-corrected chi connectivity index (χ3v) is 3.22. The lowest BCUT2D eigenvalue weighted by atomic mass is 10.1. The lowest BCUT2D eigenvalue weighted by Crippen LogP contribution is -2.42. The van der Waals surface area contributed by atoms with Crippen molar-refractivity contribution < 1.29 is 8.78 Å². The van der Waals surface area contributed by atoms with E-state index in [1.165, 1.54) is 18.2 Å². The highest BCUT2D eigenvalue weighted by atomic mass is 19.1. The maximum atomic E-state index is 13.7. The van der Waals surface area contributed by atoms with Crippen LogP contribution in [-0.4, -0.2) is 24.6 Å². The largest absolute Gasteiger partial charge is 0.354 e. The Hall–Kier alpha value is -1.65. The fraction of sp³-hybridized carbons (Fsp3) is 0.533. The van der Waals surface area contributed by atoms with Gasteiger partial charge in [-0.2, -0.15) is 0 Å². The van der Waals surface area contributed by atoms with Gasteiger partial charge in [0, 0.05) is 30.1 Å². The molecule has 0 bridgehead atoms. The topological polar surface area (TPSA) is 36.4 Å². The van der Waals surface area contributed by atoms with E-state index in [9.17, 15) is 8.78 Å². The van der Waals surface area contributed by atoms with Crippen molar-refractivity contribution in [3.8, 4) is 0 Å². The summed E-state index contributed by atoms with van der Waals surface area (Å²) in [6.07, 6.45) is 0.723. The van der Waals surface area contributed by atoms with Gasteiger partial charge in [-0.1, -0.05) is 6.07 Å². The van der Waals surface area contributed by atoms with E-state index in [-0.39, 0.29) is 23.6 Å². The summed E-state index contributed by atoms with van der Waals surface area (Å²) in [5.74, 6) is -0.353. The number of hydrogen-bond acceptors (Lipinski definition) is 1. The van der Waals surface area contributed by atoms with Gasteiger partial charge in [0.05, 0.1) is 0 Å². The number of nitrogens with zero attached hydrogens (tertiary/aromatic N) is 1. The Bertz CT molecular complexity index is 480. The molecule has 2 unspecified atom stereocenters. The van der Waals surface area contributed by atoms with E-state index in [0.717, 1.165) is 6.42 Å². The lowest BCUT2D eigenvalue weighted by molar-refractivity contribution is 0.553. The van der Waals surface area contributed by atoms with E-state index in [4.69, 9.17) is 0 Å². The van der Waals surface area contributed by atoms with Crippen LogP contribution in [0.25, 0.3) is 0 Å². The van der Waals surface area contributed by atoms with Crippen LogP contribution < -0.4 is 10.6 Å². The number of aliphatic imine (C=N–C) groups is 1. The second kappa shape index (κ2) is 6.20. The summed E-state index contributed by atoms with van der Waals surface area (Å²) in [5, 5.41) is 6.44. The predicted octanol–water partition coefficient (Wildman–Crippen LogP) is 2.78. The first-order valence-electron chi connectivity index (χ1n) is 7.04. The van der Waals surface area contributed by atoms with E-state index in [1.54, 1.807) is 0 Å². The van der Waals surface area contributed by atoms with Crippen LogP contribution in [0.3, 0.4) is 0 Å². The molecule has 0 saturated heterocycles. The van der Waals surface area contributed by atoms with Crippen molar-refractivity contribution in [1.82, 2.24) is 10.6 Å². The molecule has 110 valence electrons. The Balaban J connectivity index is 2.02. The Morgan fingerprint density at radius 1 is 1.35 bits per heavy atom. The van der Waals surface area contributed by atoms with Crippen molar-refractivity contribution in [3.05, 3.63) is 35.4 Å². The van der Waals surface area contributed by atoms with Crippen LogP contribution in [0.4, 0.5) is 8.78 Å². The minimum atomic E-state index is -0.468. The third-order valence-electron chi connectivity index (χ3n) is 3.22. The van der Waals surface area contributed by atoms with Gasteiger partial charge in [0.2, 0.25) is 0 Å². The van der Waals surface area contributed by atoms with Gasteiger partial charge in [0.1, 0.15) is 11.6 Å². The predicted molar refractivity (Wildman–Crippen MR) is 76.9 cm³/mol. The summed E-state index contributed by atoms with van der Waals surface area (Å²) in [6, 6.07) is 4.30. The molecule has 0 aliphatic heterocycles. The minimum absolute atomic E-state index is 0.0398. The highest BCUT2D eigenvalue weighted by molar-refractivity contribution is 5.80. The highest BCUT2D eigenvalue weighted by Crippen LogP contribution is 2.42. The smallest absolute Gasteiger partial charge is 0.191 e. The van der Waals surface area contributed by atoms with E-state index in [2.05, 4.69) is 15.6 Å². The molecule has 2 atom stereocenters. The molecule has 1 fully saturated rings. The highest BCUT2D eigenvalue weighted by Gasteiger charge is 2.42. The number of rotatable bonds is 4. The molecule has 1 aliphatic carbocycles. The summed E-state index contributed by atoms with van der Waals surface area (Å²) in [6.45, 7) is 6.65. The van der Waals surface area contributed by atoms with Gasteiger partial charge in [0.15, 0.2) is 5.96 Å². The Morgan fingerprint density at radius 3 is 2.55 bits per heavy atom. The molecule has 1 aliphatic rings. The standard InChI is InChI=1S/C15H21F2N3/c1-4-18-15(19-9(2)3)20-13-8-10(13)14-11(16)6-5-7-12(14)17/h5-7,9-10,13H,4,8H2,1-3H3,(H2,18,19,20). The molecule has 1 aromatic carbocycles. The minimum Gasteiger partial charge on any atom is -0.354 e. The number of nitrogens with one attached hydrogen (secondary N) is 2. The zero-order chi connectivity index (χ0) is 14.7. The zero-order valence-electron chi connectivity index (χ0n) is 12.1. The average Bonchev–Trinajstić information content (AvgIpc) is 3.07. The summed E-state index contributed by atoms with van der Waals surface area (Å²) in [7, 11) is 0. The Labute approximate surface area is 118 Å². The molecule has 2 rings (SSSR count). The molecular formula is C15H21F2N3. The van der Waals surface area contributed by atoms with Crippen LogP contribution in [0.2, 0.25) is 0 Å². The normalized spacial score (nSPS) is 22.0. The Kier molecular flexibility index (Phi) is 4.57. The summed E-state index contributed by atoms with van der Waals surface area (Å²) in [5.41, 5.74) is 0.186. The first-order chi connectivity index (χ1) is 9.52. The van der Waals surface area contributed by atoms with Crippen LogP contribution in [0.5, 0.6) is 0 Å². The van der Waals surface area contributed by atoms with E-state index in [1.807, 2.05) is 20.8 Å². The van der Waals surface area contributed by atoms with Crippen LogP contribution >= 0.6 is 0 Å². The van der Waals surface area contributed by atoms with Gasteiger partial charge in [-0.15, -0.1) is 0 Å². The quantitative estimate of drug-likeness (QED) is 0.657. The molecule has 0 spiro atoms. The van der Waals surface area contributed by atoms with Crippen LogP contribution in [0.1, 0.15) is 38.7 Å². The van der Waals surface area contributed by atoms with Crippen molar-refractivity contribution in [2.75, 3.05) is 6.54 Å². The molecule has 20 heavy (non-hydrogen) atoms. The van der Waals surface area contributed by atoms with Gasteiger partial charge in [-0.05, 0) is 39.3 Å².